The van der Waals surface area contributed by atoms with Crippen molar-refractivity contribution in [1.82, 2.24) is 15.5 Å². The van der Waals surface area contributed by atoms with Crippen molar-refractivity contribution in [3.63, 3.8) is 0 Å². The first-order valence-corrected chi connectivity index (χ1v) is 5.65. The lowest BCUT2D eigenvalue weighted by Crippen LogP contribution is -2.44. The number of hydrogen-bond acceptors (Lipinski definition) is 4. The van der Waals surface area contributed by atoms with Crippen LogP contribution in [0.25, 0.3) is 0 Å². The highest BCUT2D eigenvalue weighted by molar-refractivity contribution is 5.90. The van der Waals surface area contributed by atoms with Crippen LogP contribution in [-0.2, 0) is 14.3 Å². The fourth-order valence-corrected chi connectivity index (χ4v) is 1.88. The lowest BCUT2D eigenvalue weighted by molar-refractivity contribution is -0.125. The Labute approximate surface area is 98.5 Å². The van der Waals surface area contributed by atoms with Crippen LogP contribution in [0.1, 0.15) is 12.8 Å². The maximum atomic E-state index is 11.6. The number of hydrogen-bond donors (Lipinski definition) is 2. The van der Waals surface area contributed by atoms with E-state index in [0.717, 1.165) is 0 Å². The zero-order chi connectivity index (χ0) is 12.3. The van der Waals surface area contributed by atoms with E-state index in [1.54, 1.807) is 0 Å². The fourth-order valence-electron chi connectivity index (χ4n) is 1.88. The summed E-state index contributed by atoms with van der Waals surface area (Å²) in [6, 6.07) is -0.423. The van der Waals surface area contributed by atoms with Crippen molar-refractivity contribution < 1.29 is 19.1 Å². The van der Waals surface area contributed by atoms with Crippen molar-refractivity contribution in [2.45, 2.75) is 18.9 Å². The normalized spacial score (nSPS) is 23.5. The molecule has 0 bridgehead atoms. The van der Waals surface area contributed by atoms with Crippen molar-refractivity contribution >= 4 is 17.9 Å². The monoisotopic (exact) mass is 241 g/mol. The Balaban J connectivity index is 1.66. The van der Waals surface area contributed by atoms with E-state index < -0.39 is 6.04 Å². The minimum atomic E-state index is -0.423. The summed E-state index contributed by atoms with van der Waals surface area (Å²) < 4.78 is 4.75. The minimum Gasteiger partial charge on any atom is -0.448 e. The summed E-state index contributed by atoms with van der Waals surface area (Å²) in [4.78, 5) is 35.1. The molecule has 2 N–H and O–H groups in total. The molecule has 2 aliphatic rings. The Kier molecular flexibility index (Phi) is 3.46. The molecule has 0 aromatic carbocycles. The predicted octanol–water partition coefficient (Wildman–Crippen LogP) is -1.17. The second-order valence-electron chi connectivity index (χ2n) is 4.05. The van der Waals surface area contributed by atoms with Crippen LogP contribution in [0.4, 0.5) is 4.79 Å². The molecule has 0 spiro atoms. The van der Waals surface area contributed by atoms with Gasteiger partial charge in [0.15, 0.2) is 0 Å². The number of cyclic esters (lactones) is 1. The summed E-state index contributed by atoms with van der Waals surface area (Å²) in [5.74, 6) is -0.281. The molecule has 2 fully saturated rings. The zero-order valence-electron chi connectivity index (χ0n) is 9.40. The summed E-state index contributed by atoms with van der Waals surface area (Å²) >= 11 is 0. The van der Waals surface area contributed by atoms with Crippen molar-refractivity contribution in [2.75, 3.05) is 26.2 Å². The molecular weight excluding hydrogens is 226 g/mol. The Bertz CT molecular complexity index is 344. The van der Waals surface area contributed by atoms with Gasteiger partial charge in [0, 0.05) is 19.5 Å². The second-order valence-corrected chi connectivity index (χ2v) is 4.05. The largest absolute Gasteiger partial charge is 0.448 e. The highest BCUT2D eigenvalue weighted by Gasteiger charge is 2.27. The molecule has 2 heterocycles. The Morgan fingerprint density at radius 2 is 2.35 bits per heavy atom. The van der Waals surface area contributed by atoms with Gasteiger partial charge in [-0.15, -0.1) is 0 Å². The number of carbonyl (C=O) groups excluding carboxylic acids is 3. The number of amides is 3. The van der Waals surface area contributed by atoms with Gasteiger partial charge in [0.05, 0.1) is 6.54 Å². The Hall–Kier alpha value is -1.79. The number of nitrogens with one attached hydrogen (secondary N) is 2. The average Bonchev–Trinajstić information content (AvgIpc) is 2.88. The molecule has 2 saturated heterocycles. The molecule has 0 aromatic heterocycles. The van der Waals surface area contributed by atoms with Gasteiger partial charge < -0.3 is 20.3 Å². The molecule has 0 radical (unpaired) electrons. The molecule has 94 valence electrons. The van der Waals surface area contributed by atoms with E-state index in [-0.39, 0.29) is 17.9 Å². The van der Waals surface area contributed by atoms with E-state index in [0.29, 0.717) is 39.1 Å². The van der Waals surface area contributed by atoms with E-state index in [9.17, 15) is 14.4 Å². The van der Waals surface area contributed by atoms with Crippen LogP contribution >= 0.6 is 0 Å². The predicted molar refractivity (Wildman–Crippen MR) is 57.1 cm³/mol. The van der Waals surface area contributed by atoms with Crippen LogP contribution < -0.4 is 10.6 Å². The van der Waals surface area contributed by atoms with Crippen LogP contribution in [0.15, 0.2) is 0 Å². The standard InChI is InChI=1S/C10H15N3O4/c14-8-2-1-7(12-8)9(15)11-3-4-13-5-6-17-10(13)16/h7H,1-6H2,(H,11,15)(H,12,14). The van der Waals surface area contributed by atoms with Gasteiger partial charge in [0.25, 0.3) is 0 Å². The fraction of sp³-hybridized carbons (Fsp3) is 0.700. The summed E-state index contributed by atoms with van der Waals surface area (Å²) in [7, 11) is 0. The third-order valence-corrected chi connectivity index (χ3v) is 2.84. The molecule has 2 aliphatic heterocycles. The van der Waals surface area contributed by atoms with E-state index >= 15 is 0 Å². The molecule has 0 aliphatic carbocycles. The van der Waals surface area contributed by atoms with E-state index in [2.05, 4.69) is 10.6 Å². The molecule has 0 saturated carbocycles. The molecule has 1 unspecified atom stereocenters. The Morgan fingerprint density at radius 1 is 1.53 bits per heavy atom. The molecule has 17 heavy (non-hydrogen) atoms. The van der Waals surface area contributed by atoms with Gasteiger partial charge in [0.2, 0.25) is 11.8 Å². The van der Waals surface area contributed by atoms with Crippen molar-refractivity contribution in [3.05, 3.63) is 0 Å². The molecule has 2 rings (SSSR count). The van der Waals surface area contributed by atoms with Gasteiger partial charge in [-0.2, -0.15) is 0 Å². The summed E-state index contributed by atoms with van der Waals surface area (Å²) in [5, 5.41) is 5.27. The Morgan fingerprint density at radius 3 is 2.94 bits per heavy atom. The first-order valence-electron chi connectivity index (χ1n) is 5.65. The molecule has 7 nitrogen and oxygen atoms in total. The van der Waals surface area contributed by atoms with Gasteiger partial charge in [-0.05, 0) is 6.42 Å². The smallest absolute Gasteiger partial charge is 0.409 e. The van der Waals surface area contributed by atoms with Crippen LogP contribution in [-0.4, -0.2) is 55.1 Å². The average molecular weight is 241 g/mol. The number of ether oxygens (including phenoxy) is 1. The highest BCUT2D eigenvalue weighted by Crippen LogP contribution is 2.06. The third-order valence-electron chi connectivity index (χ3n) is 2.84. The van der Waals surface area contributed by atoms with Crippen molar-refractivity contribution in [3.8, 4) is 0 Å². The van der Waals surface area contributed by atoms with Crippen LogP contribution in [0, 0.1) is 0 Å². The first kappa shape index (κ1) is 11.7. The number of nitrogens with zero attached hydrogens (tertiary/aromatic N) is 1. The number of rotatable bonds is 4. The van der Waals surface area contributed by atoms with Gasteiger partial charge >= 0.3 is 6.09 Å². The molecule has 0 aromatic rings. The van der Waals surface area contributed by atoms with Gasteiger partial charge in [-0.1, -0.05) is 0 Å². The third kappa shape index (κ3) is 2.86. The number of carbonyl (C=O) groups is 3. The van der Waals surface area contributed by atoms with E-state index in [1.807, 2.05) is 0 Å². The van der Waals surface area contributed by atoms with Gasteiger partial charge in [-0.3, -0.25) is 9.59 Å². The van der Waals surface area contributed by atoms with Crippen molar-refractivity contribution in [2.24, 2.45) is 0 Å². The highest BCUT2D eigenvalue weighted by atomic mass is 16.6. The molecular formula is C10H15N3O4. The van der Waals surface area contributed by atoms with E-state index in [1.165, 1.54) is 4.90 Å². The van der Waals surface area contributed by atoms with Gasteiger partial charge in [-0.25, -0.2) is 4.79 Å². The lowest BCUT2D eigenvalue weighted by atomic mass is 10.2. The second kappa shape index (κ2) is 5.03. The summed E-state index contributed by atoms with van der Waals surface area (Å²) in [5.41, 5.74) is 0. The zero-order valence-corrected chi connectivity index (χ0v) is 9.40. The first-order chi connectivity index (χ1) is 8.16. The molecule has 7 heteroatoms. The molecule has 3 amide bonds. The maximum absolute atomic E-state index is 11.6. The quantitative estimate of drug-likeness (QED) is 0.649. The summed E-state index contributed by atoms with van der Waals surface area (Å²) in [6.45, 7) is 1.78. The van der Waals surface area contributed by atoms with Crippen LogP contribution in [0.5, 0.6) is 0 Å². The maximum Gasteiger partial charge on any atom is 0.409 e. The van der Waals surface area contributed by atoms with Gasteiger partial charge in [0.1, 0.15) is 12.6 Å². The minimum absolute atomic E-state index is 0.0896. The van der Waals surface area contributed by atoms with Crippen LogP contribution in [0.2, 0.25) is 0 Å². The van der Waals surface area contributed by atoms with E-state index in [4.69, 9.17) is 4.74 Å². The SMILES string of the molecule is O=C1CCC(C(=O)NCCN2CCOC2=O)N1. The van der Waals surface area contributed by atoms with Crippen LogP contribution in [0.3, 0.4) is 0 Å². The lowest BCUT2D eigenvalue weighted by Gasteiger charge is -2.14. The van der Waals surface area contributed by atoms with Crippen molar-refractivity contribution in [1.29, 1.82) is 0 Å². The summed E-state index contributed by atoms with van der Waals surface area (Å²) in [6.07, 6.45) is 0.598. The topological polar surface area (TPSA) is 87.7 Å². The molecule has 1 atom stereocenters.